The number of rotatable bonds is 5. The first-order chi connectivity index (χ1) is 13.9. The Balaban J connectivity index is 1.49. The summed E-state index contributed by atoms with van der Waals surface area (Å²) in [4.78, 5) is 43.3. The standard InChI is InChI=1S/C21H23N5O3/c1-13(15-5-3-6-16(11-15)25-10-4-7-20(25)28)24-19(27)12-17-14(2)23-18-8-9-22-26(18)21(17)29/h3,5-6,8-9,11,13,22H,4,7,10,12H2,1-2H3,(H,24,27). The third kappa shape index (κ3) is 3.65. The lowest BCUT2D eigenvalue weighted by molar-refractivity contribution is -0.121. The predicted octanol–water partition coefficient (Wildman–Crippen LogP) is 1.88. The molecule has 2 N–H and O–H groups in total. The van der Waals surface area contributed by atoms with E-state index in [-0.39, 0.29) is 29.8 Å². The van der Waals surface area contributed by atoms with Crippen LogP contribution in [0.1, 0.15) is 42.6 Å². The van der Waals surface area contributed by atoms with Gasteiger partial charge in [0.25, 0.3) is 5.56 Å². The second-order valence-corrected chi connectivity index (χ2v) is 7.35. The highest BCUT2D eigenvalue weighted by Crippen LogP contribution is 2.24. The van der Waals surface area contributed by atoms with Crippen molar-refractivity contribution < 1.29 is 9.59 Å². The normalized spacial score (nSPS) is 15.1. The minimum Gasteiger partial charge on any atom is -0.349 e. The topological polar surface area (TPSA) is 99.6 Å². The first-order valence-electron chi connectivity index (χ1n) is 9.69. The highest BCUT2D eigenvalue weighted by molar-refractivity contribution is 5.95. The SMILES string of the molecule is Cc1nc2cc[nH]n2c(=O)c1CC(=O)NC(C)c1cccc(N2CCCC2=O)c1. The number of H-pyrrole nitrogens is 1. The van der Waals surface area contributed by atoms with Crippen LogP contribution in [0.3, 0.4) is 0 Å². The molecule has 1 fully saturated rings. The molecule has 2 aromatic heterocycles. The molecule has 1 aromatic carbocycles. The number of carbonyl (C=O) groups excluding carboxylic acids is 2. The van der Waals surface area contributed by atoms with Gasteiger partial charge in [0, 0.05) is 42.2 Å². The summed E-state index contributed by atoms with van der Waals surface area (Å²) in [6, 6.07) is 9.09. The summed E-state index contributed by atoms with van der Waals surface area (Å²) in [6.45, 7) is 4.34. The maximum atomic E-state index is 12.6. The van der Waals surface area contributed by atoms with Crippen LogP contribution in [0.25, 0.3) is 5.65 Å². The number of aryl methyl sites for hydroxylation is 1. The number of benzene rings is 1. The Kier molecular flexibility index (Phi) is 4.92. The molecule has 0 aliphatic carbocycles. The van der Waals surface area contributed by atoms with E-state index in [4.69, 9.17) is 0 Å². The van der Waals surface area contributed by atoms with Gasteiger partial charge in [0.05, 0.1) is 12.5 Å². The largest absolute Gasteiger partial charge is 0.349 e. The molecule has 3 aromatic rings. The van der Waals surface area contributed by atoms with Crippen LogP contribution in [0, 0.1) is 6.92 Å². The van der Waals surface area contributed by atoms with Crippen molar-refractivity contribution in [2.24, 2.45) is 0 Å². The van der Waals surface area contributed by atoms with E-state index >= 15 is 0 Å². The second kappa shape index (κ2) is 7.54. The van der Waals surface area contributed by atoms with Crippen molar-refractivity contribution in [2.75, 3.05) is 11.4 Å². The first kappa shape index (κ1) is 18.9. The smallest absolute Gasteiger partial charge is 0.276 e. The van der Waals surface area contributed by atoms with Crippen LogP contribution < -0.4 is 15.8 Å². The molecule has 3 heterocycles. The van der Waals surface area contributed by atoms with E-state index < -0.39 is 0 Å². The lowest BCUT2D eigenvalue weighted by Gasteiger charge is -2.19. The van der Waals surface area contributed by atoms with E-state index in [0.29, 0.717) is 23.3 Å². The number of hydrogen-bond acceptors (Lipinski definition) is 4. The van der Waals surface area contributed by atoms with Crippen LogP contribution in [0.5, 0.6) is 0 Å². The van der Waals surface area contributed by atoms with Crippen molar-refractivity contribution in [1.29, 1.82) is 0 Å². The Morgan fingerprint density at radius 1 is 1.31 bits per heavy atom. The molecule has 1 aliphatic heterocycles. The summed E-state index contributed by atoms with van der Waals surface area (Å²) >= 11 is 0. The van der Waals surface area contributed by atoms with E-state index in [0.717, 1.165) is 24.2 Å². The van der Waals surface area contributed by atoms with Gasteiger partial charge in [0.2, 0.25) is 11.8 Å². The number of anilines is 1. The minimum atomic E-state index is -0.269. The maximum absolute atomic E-state index is 12.6. The van der Waals surface area contributed by atoms with Crippen molar-refractivity contribution in [1.82, 2.24) is 19.9 Å². The number of amides is 2. The molecule has 0 saturated carbocycles. The zero-order valence-corrected chi connectivity index (χ0v) is 16.4. The van der Waals surface area contributed by atoms with Gasteiger partial charge in [-0.2, -0.15) is 0 Å². The second-order valence-electron chi connectivity index (χ2n) is 7.35. The molecular formula is C21H23N5O3. The third-order valence-electron chi connectivity index (χ3n) is 5.32. The molecule has 1 atom stereocenters. The van der Waals surface area contributed by atoms with Crippen molar-refractivity contribution in [3.63, 3.8) is 0 Å². The Morgan fingerprint density at radius 3 is 2.90 bits per heavy atom. The molecule has 150 valence electrons. The number of nitrogens with zero attached hydrogens (tertiary/aromatic N) is 3. The van der Waals surface area contributed by atoms with Gasteiger partial charge in [0.1, 0.15) is 0 Å². The van der Waals surface area contributed by atoms with Crippen LogP contribution >= 0.6 is 0 Å². The quantitative estimate of drug-likeness (QED) is 0.691. The fraction of sp³-hybridized carbons (Fsp3) is 0.333. The molecule has 29 heavy (non-hydrogen) atoms. The van der Waals surface area contributed by atoms with Crippen LogP contribution in [0.15, 0.2) is 41.3 Å². The number of nitrogens with one attached hydrogen (secondary N) is 2. The summed E-state index contributed by atoms with van der Waals surface area (Å²) < 4.78 is 1.33. The van der Waals surface area contributed by atoms with Crippen molar-refractivity contribution in [3.8, 4) is 0 Å². The van der Waals surface area contributed by atoms with Crippen molar-refractivity contribution >= 4 is 23.1 Å². The molecular weight excluding hydrogens is 370 g/mol. The van der Waals surface area contributed by atoms with E-state index in [1.165, 1.54) is 4.52 Å². The number of aromatic nitrogens is 3. The summed E-state index contributed by atoms with van der Waals surface area (Å²) in [5.74, 6) is -0.129. The fourth-order valence-electron chi connectivity index (χ4n) is 3.73. The average Bonchev–Trinajstić information content (AvgIpc) is 3.34. The van der Waals surface area contributed by atoms with Crippen molar-refractivity contribution in [2.45, 2.75) is 39.2 Å². The lowest BCUT2D eigenvalue weighted by atomic mass is 10.1. The Labute approximate surface area is 167 Å². The number of carbonyl (C=O) groups is 2. The Morgan fingerprint density at radius 2 is 2.14 bits per heavy atom. The molecule has 0 bridgehead atoms. The summed E-state index contributed by atoms with van der Waals surface area (Å²) in [7, 11) is 0. The number of fused-ring (bicyclic) bond motifs is 1. The van der Waals surface area contributed by atoms with Crippen LogP contribution in [0.4, 0.5) is 5.69 Å². The van der Waals surface area contributed by atoms with Crippen LogP contribution in [0.2, 0.25) is 0 Å². The van der Waals surface area contributed by atoms with Gasteiger partial charge in [-0.25, -0.2) is 9.50 Å². The van der Waals surface area contributed by atoms with E-state index in [1.807, 2.05) is 31.2 Å². The van der Waals surface area contributed by atoms with Crippen LogP contribution in [-0.4, -0.2) is 33.0 Å². The number of hydrogen-bond donors (Lipinski definition) is 2. The van der Waals surface area contributed by atoms with Gasteiger partial charge in [-0.3, -0.25) is 19.5 Å². The van der Waals surface area contributed by atoms with Gasteiger partial charge < -0.3 is 10.2 Å². The van der Waals surface area contributed by atoms with Gasteiger partial charge in [-0.05, 0) is 38.0 Å². The molecule has 8 nitrogen and oxygen atoms in total. The first-order valence-corrected chi connectivity index (χ1v) is 9.69. The van der Waals surface area contributed by atoms with Gasteiger partial charge in [-0.15, -0.1) is 0 Å². The minimum absolute atomic E-state index is 0.0474. The molecule has 2 amide bonds. The molecule has 1 unspecified atom stereocenters. The Hall–Kier alpha value is -3.42. The van der Waals surface area contributed by atoms with Crippen LogP contribution in [-0.2, 0) is 16.0 Å². The maximum Gasteiger partial charge on any atom is 0.276 e. The molecule has 4 rings (SSSR count). The van der Waals surface area contributed by atoms with Gasteiger partial charge >= 0.3 is 0 Å². The third-order valence-corrected chi connectivity index (χ3v) is 5.32. The zero-order chi connectivity index (χ0) is 20.5. The van der Waals surface area contributed by atoms with E-state index in [2.05, 4.69) is 15.4 Å². The molecule has 1 saturated heterocycles. The molecule has 8 heteroatoms. The van der Waals surface area contributed by atoms with Gasteiger partial charge in [-0.1, -0.05) is 12.1 Å². The monoisotopic (exact) mass is 393 g/mol. The van der Waals surface area contributed by atoms with Gasteiger partial charge in [0.15, 0.2) is 5.65 Å². The van der Waals surface area contributed by atoms with Crippen molar-refractivity contribution in [3.05, 3.63) is 63.7 Å². The summed E-state index contributed by atoms with van der Waals surface area (Å²) in [5, 5.41) is 5.75. The van der Waals surface area contributed by atoms with E-state index in [9.17, 15) is 14.4 Å². The molecule has 0 radical (unpaired) electrons. The average molecular weight is 393 g/mol. The zero-order valence-electron chi connectivity index (χ0n) is 16.4. The van der Waals surface area contributed by atoms with E-state index in [1.54, 1.807) is 24.1 Å². The molecule has 1 aliphatic rings. The summed E-state index contributed by atoms with van der Waals surface area (Å²) in [5.41, 5.74) is 2.93. The lowest BCUT2D eigenvalue weighted by Crippen LogP contribution is -2.32. The highest BCUT2D eigenvalue weighted by Gasteiger charge is 2.22. The highest BCUT2D eigenvalue weighted by atomic mass is 16.2. The Bertz CT molecular complexity index is 1150. The fourth-order valence-corrected chi connectivity index (χ4v) is 3.73. The molecule has 0 spiro atoms. The summed E-state index contributed by atoms with van der Waals surface area (Å²) in [6.07, 6.45) is 3.02. The predicted molar refractivity (Wildman–Crippen MR) is 109 cm³/mol. The number of aromatic amines is 1.